The van der Waals surface area contributed by atoms with Crippen LogP contribution in [0.5, 0.6) is 5.75 Å². The summed E-state index contributed by atoms with van der Waals surface area (Å²) < 4.78 is 0.641. The summed E-state index contributed by atoms with van der Waals surface area (Å²) in [6.07, 6.45) is 2.86. The minimum Gasteiger partial charge on any atom is -0.508 e. The third kappa shape index (κ3) is 6.11. The maximum absolute atomic E-state index is 12.3. The Labute approximate surface area is 200 Å². The number of halogens is 1. The lowest BCUT2D eigenvalue weighted by Gasteiger charge is -2.17. The van der Waals surface area contributed by atoms with Gasteiger partial charge in [-0.05, 0) is 64.7 Å². The summed E-state index contributed by atoms with van der Waals surface area (Å²) >= 11 is 3.42. The number of carbonyl (C=O) groups excluding carboxylic acids is 1. The molecular formula is C23H25BrN6O3. The first-order chi connectivity index (χ1) is 16.0. The number of benzene rings is 2. The van der Waals surface area contributed by atoms with Crippen LogP contribution in [0.15, 0.2) is 59.2 Å². The summed E-state index contributed by atoms with van der Waals surface area (Å²) in [5.41, 5.74) is 2.00. The van der Waals surface area contributed by atoms with Gasteiger partial charge in [-0.25, -0.2) is 9.78 Å². The van der Waals surface area contributed by atoms with Crippen molar-refractivity contribution in [2.45, 2.75) is 18.9 Å². The van der Waals surface area contributed by atoms with Crippen LogP contribution in [0.4, 0.5) is 27.9 Å². The van der Waals surface area contributed by atoms with E-state index in [1.165, 1.54) is 6.07 Å². The number of nitrogens with one attached hydrogen (secondary N) is 3. The molecule has 1 aromatic heterocycles. The first-order valence-corrected chi connectivity index (χ1v) is 11.4. The average Bonchev–Trinajstić information content (AvgIpc) is 3.35. The summed E-state index contributed by atoms with van der Waals surface area (Å²) in [4.78, 5) is 22.9. The fraction of sp³-hybridized carbons (Fsp3) is 0.261. The predicted octanol–water partition coefficient (Wildman–Crippen LogP) is 4.46. The van der Waals surface area contributed by atoms with Crippen LogP contribution < -0.4 is 16.0 Å². The van der Waals surface area contributed by atoms with Crippen molar-refractivity contribution >= 4 is 45.1 Å². The number of phenolic OH excluding ortho intramolecular Hbond substituents is 1. The molecule has 2 amide bonds. The van der Waals surface area contributed by atoms with Gasteiger partial charge in [0.2, 0.25) is 5.95 Å². The Hall–Kier alpha value is -3.37. The Morgan fingerprint density at radius 1 is 1.12 bits per heavy atom. The first kappa shape index (κ1) is 22.8. The molecule has 0 saturated carbocycles. The van der Waals surface area contributed by atoms with E-state index in [-0.39, 0.29) is 18.3 Å². The van der Waals surface area contributed by atoms with Gasteiger partial charge in [-0.15, -0.1) is 0 Å². The quantitative estimate of drug-likeness (QED) is 0.316. The number of amides is 2. The molecule has 9 nitrogen and oxygen atoms in total. The van der Waals surface area contributed by atoms with E-state index >= 15 is 0 Å². The molecule has 1 aliphatic heterocycles. The lowest BCUT2D eigenvalue weighted by molar-refractivity contribution is 0.191. The number of aliphatic hydroxyl groups is 1. The van der Waals surface area contributed by atoms with Crippen molar-refractivity contribution in [2.75, 3.05) is 35.6 Å². The summed E-state index contributed by atoms with van der Waals surface area (Å²) in [6.45, 7) is 1.76. The lowest BCUT2D eigenvalue weighted by Crippen LogP contribution is -2.32. The van der Waals surface area contributed by atoms with Crippen molar-refractivity contribution in [3.8, 4) is 5.75 Å². The molecular weight excluding hydrogens is 488 g/mol. The van der Waals surface area contributed by atoms with E-state index < -0.39 is 6.10 Å². The number of hydrogen-bond acceptors (Lipinski definition) is 7. The summed E-state index contributed by atoms with van der Waals surface area (Å²) in [5, 5.41) is 29.1. The molecule has 172 valence electrons. The zero-order valence-corrected chi connectivity index (χ0v) is 19.4. The number of rotatable bonds is 7. The molecule has 1 aliphatic rings. The van der Waals surface area contributed by atoms with Gasteiger partial charge in [0, 0.05) is 37.2 Å². The van der Waals surface area contributed by atoms with Crippen LogP contribution in [0.25, 0.3) is 0 Å². The molecule has 0 radical (unpaired) electrons. The Kier molecular flexibility index (Phi) is 7.26. The van der Waals surface area contributed by atoms with E-state index in [1.54, 1.807) is 29.3 Å². The van der Waals surface area contributed by atoms with E-state index in [1.807, 2.05) is 24.3 Å². The van der Waals surface area contributed by atoms with E-state index in [2.05, 4.69) is 41.8 Å². The van der Waals surface area contributed by atoms with Gasteiger partial charge < -0.3 is 31.1 Å². The number of hydrogen-bond donors (Lipinski definition) is 5. The minimum absolute atomic E-state index is 0.0960. The van der Waals surface area contributed by atoms with Gasteiger partial charge in [-0.1, -0.05) is 18.2 Å². The standard InChI is InChI=1S/C23H25BrN6O3/c24-19-13-26-22(29-21(19)25-14-20(32)15-5-3-8-18(31)11-15)27-16-6-4-7-17(12-16)28-23(33)30-9-1-2-10-30/h3-8,11-13,20,31-32H,1-2,9-10,14H2,(H,28,33)(H2,25,26,27,29). The number of anilines is 4. The van der Waals surface area contributed by atoms with Crippen LogP contribution in [0.3, 0.4) is 0 Å². The van der Waals surface area contributed by atoms with E-state index in [0.717, 1.165) is 31.6 Å². The van der Waals surface area contributed by atoms with Crippen molar-refractivity contribution in [2.24, 2.45) is 0 Å². The zero-order chi connectivity index (χ0) is 23.2. The average molecular weight is 513 g/mol. The van der Waals surface area contributed by atoms with Crippen molar-refractivity contribution in [3.63, 3.8) is 0 Å². The van der Waals surface area contributed by atoms with Gasteiger partial charge in [-0.3, -0.25) is 0 Å². The van der Waals surface area contributed by atoms with Gasteiger partial charge in [-0.2, -0.15) is 4.98 Å². The topological polar surface area (TPSA) is 123 Å². The minimum atomic E-state index is -0.828. The van der Waals surface area contributed by atoms with Gasteiger partial charge in [0.25, 0.3) is 0 Å². The molecule has 2 heterocycles. The molecule has 0 spiro atoms. The Morgan fingerprint density at radius 2 is 1.88 bits per heavy atom. The van der Waals surface area contributed by atoms with Gasteiger partial charge in [0.05, 0.1) is 10.6 Å². The smallest absolute Gasteiger partial charge is 0.321 e. The third-order valence-electron chi connectivity index (χ3n) is 5.23. The monoisotopic (exact) mass is 512 g/mol. The van der Waals surface area contributed by atoms with Crippen molar-refractivity contribution < 1.29 is 15.0 Å². The van der Waals surface area contributed by atoms with Crippen molar-refractivity contribution in [1.29, 1.82) is 0 Å². The molecule has 5 N–H and O–H groups in total. The Morgan fingerprint density at radius 3 is 2.67 bits per heavy atom. The highest BCUT2D eigenvalue weighted by molar-refractivity contribution is 9.10. The molecule has 10 heteroatoms. The van der Waals surface area contributed by atoms with Crippen LogP contribution in [0, 0.1) is 0 Å². The third-order valence-corrected chi connectivity index (χ3v) is 5.81. The first-order valence-electron chi connectivity index (χ1n) is 10.6. The van der Waals surface area contributed by atoms with E-state index in [4.69, 9.17) is 0 Å². The van der Waals surface area contributed by atoms with Crippen LogP contribution in [0.2, 0.25) is 0 Å². The SMILES string of the molecule is O=C(Nc1cccc(Nc2ncc(Br)c(NCC(O)c3cccc(O)c3)n2)c1)N1CCCC1. The number of likely N-dealkylation sites (tertiary alicyclic amines) is 1. The van der Waals surface area contributed by atoms with E-state index in [0.29, 0.717) is 27.5 Å². The summed E-state index contributed by atoms with van der Waals surface area (Å²) in [5.74, 6) is 0.959. The molecule has 1 fully saturated rings. The van der Waals surface area contributed by atoms with Crippen LogP contribution in [0.1, 0.15) is 24.5 Å². The highest BCUT2D eigenvalue weighted by atomic mass is 79.9. The van der Waals surface area contributed by atoms with Crippen LogP contribution >= 0.6 is 15.9 Å². The number of phenols is 1. The molecule has 1 unspecified atom stereocenters. The second kappa shape index (κ2) is 10.5. The lowest BCUT2D eigenvalue weighted by atomic mass is 10.1. The second-order valence-corrected chi connectivity index (χ2v) is 8.57. The molecule has 0 aliphatic carbocycles. The number of aromatic nitrogens is 2. The Bertz CT molecular complexity index is 1120. The van der Waals surface area contributed by atoms with Crippen LogP contribution in [-0.2, 0) is 0 Å². The van der Waals surface area contributed by atoms with Gasteiger partial charge >= 0.3 is 6.03 Å². The molecule has 4 rings (SSSR count). The van der Waals surface area contributed by atoms with Gasteiger partial charge in [0.15, 0.2) is 0 Å². The summed E-state index contributed by atoms with van der Waals surface area (Å²) in [6, 6.07) is 13.7. The number of nitrogens with zero attached hydrogens (tertiary/aromatic N) is 3. The maximum Gasteiger partial charge on any atom is 0.321 e. The van der Waals surface area contributed by atoms with Crippen molar-refractivity contribution in [1.82, 2.24) is 14.9 Å². The predicted molar refractivity (Wildman–Crippen MR) is 131 cm³/mol. The molecule has 1 atom stereocenters. The molecule has 33 heavy (non-hydrogen) atoms. The molecule has 0 bridgehead atoms. The number of aliphatic hydroxyl groups excluding tert-OH is 1. The molecule has 1 saturated heterocycles. The van der Waals surface area contributed by atoms with Crippen LogP contribution in [-0.4, -0.2) is 50.7 Å². The largest absolute Gasteiger partial charge is 0.508 e. The fourth-order valence-electron chi connectivity index (χ4n) is 3.52. The second-order valence-electron chi connectivity index (χ2n) is 7.71. The molecule has 2 aromatic carbocycles. The number of urea groups is 1. The van der Waals surface area contributed by atoms with Crippen molar-refractivity contribution in [3.05, 3.63) is 64.8 Å². The zero-order valence-electron chi connectivity index (χ0n) is 17.8. The highest BCUT2D eigenvalue weighted by Crippen LogP contribution is 2.25. The number of carbonyl (C=O) groups is 1. The van der Waals surface area contributed by atoms with Gasteiger partial charge in [0.1, 0.15) is 11.6 Å². The maximum atomic E-state index is 12.3. The Balaban J connectivity index is 1.39. The highest BCUT2D eigenvalue weighted by Gasteiger charge is 2.18. The fourth-order valence-corrected chi connectivity index (χ4v) is 3.85. The summed E-state index contributed by atoms with van der Waals surface area (Å²) in [7, 11) is 0. The van der Waals surface area contributed by atoms with E-state index in [9.17, 15) is 15.0 Å². The number of aromatic hydroxyl groups is 1. The normalized spacial score (nSPS) is 14.1. The molecule has 3 aromatic rings.